The second-order valence-corrected chi connectivity index (χ2v) is 7.02. The lowest BCUT2D eigenvalue weighted by Gasteiger charge is -2.38. The zero-order chi connectivity index (χ0) is 16.5. The summed E-state index contributed by atoms with van der Waals surface area (Å²) in [4.78, 5) is 33.6. The predicted octanol–water partition coefficient (Wildman–Crippen LogP) is 1.85. The largest absolute Gasteiger partial charge is 0.352 e. The van der Waals surface area contributed by atoms with Gasteiger partial charge < -0.3 is 10.2 Å². The number of nitrogens with zero attached hydrogens (tertiary/aromatic N) is 3. The molecule has 2 fully saturated rings. The molecule has 6 heteroatoms. The maximum Gasteiger partial charge on any atom is 0.250 e. The SMILES string of the molecule is O=C(CN1C(=O)[C@@H]2CCCN2c2ncccc21)NC1CCCCC1. The van der Waals surface area contributed by atoms with Crippen LogP contribution in [0.1, 0.15) is 44.9 Å². The summed E-state index contributed by atoms with van der Waals surface area (Å²) in [5.41, 5.74) is 0.763. The first kappa shape index (κ1) is 15.4. The molecule has 4 rings (SSSR count). The summed E-state index contributed by atoms with van der Waals surface area (Å²) in [7, 11) is 0. The molecule has 2 aliphatic heterocycles. The number of anilines is 2. The summed E-state index contributed by atoms with van der Waals surface area (Å²) in [6, 6.07) is 3.83. The minimum Gasteiger partial charge on any atom is -0.352 e. The summed E-state index contributed by atoms with van der Waals surface area (Å²) in [6.45, 7) is 0.959. The van der Waals surface area contributed by atoms with Crippen LogP contribution in [0.25, 0.3) is 0 Å². The first-order valence-electron chi connectivity index (χ1n) is 9.06. The van der Waals surface area contributed by atoms with Crippen molar-refractivity contribution < 1.29 is 9.59 Å². The van der Waals surface area contributed by atoms with Crippen LogP contribution in [-0.2, 0) is 9.59 Å². The fourth-order valence-corrected chi connectivity index (χ4v) is 4.22. The van der Waals surface area contributed by atoms with Gasteiger partial charge in [-0.25, -0.2) is 4.98 Å². The van der Waals surface area contributed by atoms with Gasteiger partial charge in [-0.15, -0.1) is 0 Å². The molecule has 0 radical (unpaired) electrons. The maximum atomic E-state index is 12.9. The summed E-state index contributed by atoms with van der Waals surface area (Å²) in [5, 5.41) is 3.11. The van der Waals surface area contributed by atoms with Gasteiger partial charge in [0.25, 0.3) is 0 Å². The molecular weight excluding hydrogens is 304 g/mol. The van der Waals surface area contributed by atoms with Gasteiger partial charge in [-0.1, -0.05) is 19.3 Å². The molecule has 24 heavy (non-hydrogen) atoms. The minimum atomic E-state index is -0.158. The highest BCUT2D eigenvalue weighted by atomic mass is 16.2. The van der Waals surface area contributed by atoms with Crippen LogP contribution in [0.3, 0.4) is 0 Å². The Morgan fingerprint density at radius 1 is 1.21 bits per heavy atom. The Balaban J connectivity index is 1.52. The van der Waals surface area contributed by atoms with Crippen LogP contribution in [0.2, 0.25) is 0 Å². The zero-order valence-corrected chi connectivity index (χ0v) is 13.9. The molecule has 1 aromatic rings. The van der Waals surface area contributed by atoms with Crippen LogP contribution in [-0.4, -0.2) is 42.0 Å². The van der Waals surface area contributed by atoms with Crippen molar-refractivity contribution in [3.8, 4) is 0 Å². The number of carbonyl (C=O) groups is 2. The third kappa shape index (κ3) is 2.74. The van der Waals surface area contributed by atoms with E-state index >= 15 is 0 Å². The van der Waals surface area contributed by atoms with Gasteiger partial charge in [0.05, 0.1) is 5.69 Å². The Hall–Kier alpha value is -2.11. The molecule has 128 valence electrons. The normalized spacial score (nSPS) is 23.8. The summed E-state index contributed by atoms with van der Waals surface area (Å²) in [6.07, 6.45) is 9.30. The Morgan fingerprint density at radius 3 is 2.88 bits per heavy atom. The average molecular weight is 328 g/mol. The molecule has 0 spiro atoms. The van der Waals surface area contributed by atoms with Crippen molar-refractivity contribution in [2.75, 3.05) is 22.9 Å². The van der Waals surface area contributed by atoms with E-state index in [1.165, 1.54) is 19.3 Å². The van der Waals surface area contributed by atoms with E-state index in [1.54, 1.807) is 11.1 Å². The average Bonchev–Trinajstić information content (AvgIpc) is 3.10. The van der Waals surface area contributed by atoms with Crippen LogP contribution in [0.15, 0.2) is 18.3 Å². The fourth-order valence-electron chi connectivity index (χ4n) is 4.22. The third-order valence-corrected chi connectivity index (χ3v) is 5.40. The highest BCUT2D eigenvalue weighted by Gasteiger charge is 2.42. The van der Waals surface area contributed by atoms with E-state index in [4.69, 9.17) is 0 Å². The molecule has 1 aromatic heterocycles. The first-order valence-corrected chi connectivity index (χ1v) is 9.06. The van der Waals surface area contributed by atoms with Gasteiger partial charge in [0.2, 0.25) is 11.8 Å². The summed E-state index contributed by atoms with van der Waals surface area (Å²) >= 11 is 0. The topological polar surface area (TPSA) is 65.5 Å². The molecule has 1 aliphatic carbocycles. The van der Waals surface area contributed by atoms with Crippen LogP contribution in [0, 0.1) is 0 Å². The predicted molar refractivity (Wildman–Crippen MR) is 92.0 cm³/mol. The molecule has 1 atom stereocenters. The van der Waals surface area contributed by atoms with Crippen molar-refractivity contribution in [2.24, 2.45) is 0 Å². The molecule has 3 heterocycles. The lowest BCUT2D eigenvalue weighted by Crippen LogP contribution is -2.54. The number of nitrogens with one attached hydrogen (secondary N) is 1. The van der Waals surface area contributed by atoms with E-state index in [9.17, 15) is 9.59 Å². The Kier molecular flexibility index (Phi) is 4.12. The van der Waals surface area contributed by atoms with Crippen molar-refractivity contribution in [2.45, 2.75) is 57.0 Å². The molecule has 1 saturated carbocycles. The van der Waals surface area contributed by atoms with Crippen molar-refractivity contribution >= 4 is 23.3 Å². The highest BCUT2D eigenvalue weighted by molar-refractivity contribution is 6.08. The highest BCUT2D eigenvalue weighted by Crippen LogP contribution is 2.38. The van der Waals surface area contributed by atoms with Gasteiger partial charge in [0, 0.05) is 18.8 Å². The molecule has 1 saturated heterocycles. The van der Waals surface area contributed by atoms with Gasteiger partial charge in [0.15, 0.2) is 5.82 Å². The van der Waals surface area contributed by atoms with Crippen molar-refractivity contribution in [1.29, 1.82) is 0 Å². The second kappa shape index (κ2) is 6.42. The van der Waals surface area contributed by atoms with Crippen LogP contribution >= 0.6 is 0 Å². The number of aromatic nitrogens is 1. The molecule has 0 bridgehead atoms. The third-order valence-electron chi connectivity index (χ3n) is 5.40. The van der Waals surface area contributed by atoms with Crippen molar-refractivity contribution in [1.82, 2.24) is 10.3 Å². The molecule has 0 unspecified atom stereocenters. The van der Waals surface area contributed by atoms with E-state index < -0.39 is 0 Å². The summed E-state index contributed by atoms with van der Waals surface area (Å²) < 4.78 is 0. The van der Waals surface area contributed by atoms with Gasteiger partial charge in [-0.05, 0) is 37.8 Å². The fraction of sp³-hybridized carbons (Fsp3) is 0.611. The van der Waals surface area contributed by atoms with E-state index in [2.05, 4.69) is 15.2 Å². The molecular formula is C18H24N4O2. The molecule has 1 N–H and O–H groups in total. The van der Waals surface area contributed by atoms with Crippen LogP contribution < -0.4 is 15.1 Å². The molecule has 0 aromatic carbocycles. The minimum absolute atomic E-state index is 0.0341. The Labute approximate surface area is 142 Å². The Bertz CT molecular complexity index is 642. The van der Waals surface area contributed by atoms with Gasteiger partial charge in [0.1, 0.15) is 12.6 Å². The van der Waals surface area contributed by atoms with Gasteiger partial charge in [-0.3, -0.25) is 14.5 Å². The van der Waals surface area contributed by atoms with E-state index in [1.807, 2.05) is 12.1 Å². The number of pyridine rings is 1. The number of carbonyl (C=O) groups excluding carboxylic acids is 2. The zero-order valence-electron chi connectivity index (χ0n) is 13.9. The van der Waals surface area contributed by atoms with Crippen molar-refractivity contribution in [3.05, 3.63) is 18.3 Å². The number of hydrogen-bond donors (Lipinski definition) is 1. The monoisotopic (exact) mass is 328 g/mol. The van der Waals surface area contributed by atoms with Crippen LogP contribution in [0.5, 0.6) is 0 Å². The van der Waals surface area contributed by atoms with Gasteiger partial charge in [-0.2, -0.15) is 0 Å². The molecule has 2 amide bonds. The van der Waals surface area contributed by atoms with Gasteiger partial charge >= 0.3 is 0 Å². The van der Waals surface area contributed by atoms with E-state index in [0.29, 0.717) is 0 Å². The Morgan fingerprint density at radius 2 is 2.04 bits per heavy atom. The number of hydrogen-bond acceptors (Lipinski definition) is 4. The number of amides is 2. The lowest BCUT2D eigenvalue weighted by atomic mass is 9.95. The summed E-state index contributed by atoms with van der Waals surface area (Å²) in [5.74, 6) is 0.813. The maximum absolute atomic E-state index is 12.9. The van der Waals surface area contributed by atoms with Crippen molar-refractivity contribution in [3.63, 3.8) is 0 Å². The molecule has 6 nitrogen and oxygen atoms in total. The first-order chi connectivity index (χ1) is 11.7. The smallest absolute Gasteiger partial charge is 0.250 e. The standard InChI is InChI=1S/C18H24N4O2/c23-16(20-13-6-2-1-3-7-13)12-22-14-8-4-10-19-17(14)21-11-5-9-15(21)18(22)24/h4,8,10,13,15H,1-3,5-7,9,11-12H2,(H,20,23)/t15-/m0/s1. The quantitative estimate of drug-likeness (QED) is 0.919. The van der Waals surface area contributed by atoms with Crippen LogP contribution in [0.4, 0.5) is 11.5 Å². The lowest BCUT2D eigenvalue weighted by molar-refractivity contribution is -0.125. The van der Waals surface area contributed by atoms with E-state index in [0.717, 1.165) is 43.7 Å². The number of fused-ring (bicyclic) bond motifs is 3. The number of rotatable bonds is 3. The second-order valence-electron chi connectivity index (χ2n) is 7.02. The van der Waals surface area contributed by atoms with E-state index in [-0.39, 0.29) is 30.4 Å². The molecule has 3 aliphatic rings.